The van der Waals surface area contributed by atoms with Crippen LogP contribution in [0.4, 0.5) is 4.79 Å². The molecular formula is C21H24N2O3. The van der Waals surface area contributed by atoms with Gasteiger partial charge in [-0.1, -0.05) is 49.4 Å². The summed E-state index contributed by atoms with van der Waals surface area (Å²) in [6.45, 7) is 2.33. The largest absolute Gasteiger partial charge is 0.497 e. The summed E-state index contributed by atoms with van der Waals surface area (Å²) >= 11 is 0. The summed E-state index contributed by atoms with van der Waals surface area (Å²) in [7, 11) is 1.60. The Hall–Kier alpha value is -2.82. The van der Waals surface area contributed by atoms with Crippen molar-refractivity contribution in [1.82, 2.24) is 10.2 Å². The van der Waals surface area contributed by atoms with Gasteiger partial charge in [0.1, 0.15) is 11.3 Å². The fourth-order valence-corrected chi connectivity index (χ4v) is 3.43. The third kappa shape index (κ3) is 3.29. The van der Waals surface area contributed by atoms with Gasteiger partial charge in [-0.15, -0.1) is 0 Å². The smallest absolute Gasteiger partial charge is 0.325 e. The molecule has 0 bridgehead atoms. The molecule has 2 aromatic rings. The van der Waals surface area contributed by atoms with E-state index in [9.17, 15) is 9.59 Å². The first-order valence-electron chi connectivity index (χ1n) is 8.93. The first-order chi connectivity index (χ1) is 12.6. The second-order valence-electron chi connectivity index (χ2n) is 6.46. The minimum atomic E-state index is -0.990. The molecule has 2 aromatic carbocycles. The van der Waals surface area contributed by atoms with Crippen LogP contribution in [0.15, 0.2) is 54.6 Å². The summed E-state index contributed by atoms with van der Waals surface area (Å²) < 4.78 is 5.18. The van der Waals surface area contributed by atoms with Crippen LogP contribution in [0.5, 0.6) is 5.75 Å². The molecule has 0 unspecified atom stereocenters. The SMILES string of the molecule is CC[C@@]1(c2ccc(OC)cc2)NC(=O)N(CCCc2ccccc2)C1=O. The molecule has 1 atom stereocenters. The monoisotopic (exact) mass is 352 g/mol. The lowest BCUT2D eigenvalue weighted by Crippen LogP contribution is -2.43. The summed E-state index contributed by atoms with van der Waals surface area (Å²) in [5.41, 5.74) is 0.997. The molecular weight excluding hydrogens is 328 g/mol. The highest BCUT2D eigenvalue weighted by molar-refractivity contribution is 6.07. The number of benzene rings is 2. The van der Waals surface area contributed by atoms with Crippen LogP contribution >= 0.6 is 0 Å². The van der Waals surface area contributed by atoms with Gasteiger partial charge in [-0.25, -0.2) is 4.79 Å². The van der Waals surface area contributed by atoms with Crippen molar-refractivity contribution in [2.24, 2.45) is 0 Å². The predicted molar refractivity (Wildman–Crippen MR) is 100.0 cm³/mol. The van der Waals surface area contributed by atoms with Crippen molar-refractivity contribution in [3.05, 3.63) is 65.7 Å². The number of urea groups is 1. The Labute approximate surface area is 154 Å². The number of carbonyl (C=O) groups excluding carboxylic acids is 2. The van der Waals surface area contributed by atoms with Gasteiger partial charge in [-0.05, 0) is 42.5 Å². The maximum atomic E-state index is 13.1. The van der Waals surface area contributed by atoms with Gasteiger partial charge in [0.25, 0.3) is 5.91 Å². The predicted octanol–water partition coefficient (Wildman–Crippen LogP) is 3.49. The lowest BCUT2D eigenvalue weighted by molar-refractivity contribution is -0.131. The van der Waals surface area contributed by atoms with Crippen molar-refractivity contribution in [3.8, 4) is 5.75 Å². The van der Waals surface area contributed by atoms with E-state index in [0.717, 1.165) is 24.2 Å². The molecule has 1 aliphatic rings. The Morgan fingerprint density at radius 2 is 1.73 bits per heavy atom. The number of hydrogen-bond acceptors (Lipinski definition) is 3. The van der Waals surface area contributed by atoms with Crippen molar-refractivity contribution in [3.63, 3.8) is 0 Å². The number of ether oxygens (including phenoxy) is 1. The minimum absolute atomic E-state index is 0.178. The average molecular weight is 352 g/mol. The van der Waals surface area contributed by atoms with Crippen LogP contribution < -0.4 is 10.1 Å². The van der Waals surface area contributed by atoms with Crippen molar-refractivity contribution < 1.29 is 14.3 Å². The van der Waals surface area contributed by atoms with E-state index < -0.39 is 5.54 Å². The molecule has 3 rings (SSSR count). The summed E-state index contributed by atoms with van der Waals surface area (Å²) in [5, 5.41) is 2.92. The number of aryl methyl sites for hydroxylation is 1. The van der Waals surface area contributed by atoms with E-state index in [1.54, 1.807) is 7.11 Å². The van der Waals surface area contributed by atoms with Crippen LogP contribution in [0, 0.1) is 0 Å². The number of carbonyl (C=O) groups is 2. The van der Waals surface area contributed by atoms with Crippen molar-refractivity contribution >= 4 is 11.9 Å². The van der Waals surface area contributed by atoms with E-state index in [-0.39, 0.29) is 11.9 Å². The van der Waals surface area contributed by atoms with Gasteiger partial charge in [0.2, 0.25) is 0 Å². The number of amides is 3. The van der Waals surface area contributed by atoms with E-state index in [2.05, 4.69) is 17.4 Å². The average Bonchev–Trinajstić information content (AvgIpc) is 2.94. The van der Waals surface area contributed by atoms with Gasteiger partial charge in [-0.2, -0.15) is 0 Å². The van der Waals surface area contributed by atoms with Crippen LogP contribution in [0.25, 0.3) is 0 Å². The first kappa shape index (κ1) is 18.0. The van der Waals surface area contributed by atoms with Crippen molar-refractivity contribution in [1.29, 1.82) is 0 Å². The lowest BCUT2D eigenvalue weighted by atomic mass is 9.87. The van der Waals surface area contributed by atoms with Crippen LogP contribution in [0.1, 0.15) is 30.9 Å². The second kappa shape index (κ2) is 7.60. The molecule has 1 fully saturated rings. The molecule has 0 aromatic heterocycles. The molecule has 1 heterocycles. The molecule has 5 heteroatoms. The number of nitrogens with one attached hydrogen (secondary N) is 1. The molecule has 26 heavy (non-hydrogen) atoms. The second-order valence-corrected chi connectivity index (χ2v) is 6.46. The van der Waals surface area contributed by atoms with Crippen LogP contribution in [0.2, 0.25) is 0 Å². The van der Waals surface area contributed by atoms with E-state index in [1.165, 1.54) is 10.5 Å². The number of imide groups is 1. The number of rotatable bonds is 7. The number of hydrogen-bond donors (Lipinski definition) is 1. The van der Waals surface area contributed by atoms with E-state index >= 15 is 0 Å². The number of nitrogens with zero attached hydrogens (tertiary/aromatic N) is 1. The van der Waals surface area contributed by atoms with E-state index in [4.69, 9.17) is 4.74 Å². The minimum Gasteiger partial charge on any atom is -0.497 e. The Morgan fingerprint density at radius 3 is 2.35 bits per heavy atom. The van der Waals surface area contributed by atoms with Gasteiger partial charge in [-0.3, -0.25) is 9.69 Å². The fraction of sp³-hybridized carbons (Fsp3) is 0.333. The van der Waals surface area contributed by atoms with Crippen LogP contribution in [-0.2, 0) is 16.8 Å². The standard InChI is InChI=1S/C21H24N2O3/c1-3-21(17-11-13-18(26-2)14-12-17)19(24)23(20(25)22-21)15-7-10-16-8-5-4-6-9-16/h4-6,8-9,11-14H,3,7,10,15H2,1-2H3,(H,22,25)/t21-/m0/s1. The third-order valence-corrected chi connectivity index (χ3v) is 4.98. The molecule has 1 aliphatic heterocycles. The molecule has 1 saturated heterocycles. The molecule has 5 nitrogen and oxygen atoms in total. The highest BCUT2D eigenvalue weighted by Gasteiger charge is 2.50. The highest BCUT2D eigenvalue weighted by Crippen LogP contribution is 2.33. The van der Waals surface area contributed by atoms with E-state index in [0.29, 0.717) is 13.0 Å². The molecule has 0 aliphatic carbocycles. The van der Waals surface area contributed by atoms with Gasteiger partial charge in [0.15, 0.2) is 0 Å². The van der Waals surface area contributed by atoms with Gasteiger partial charge < -0.3 is 10.1 Å². The molecule has 0 radical (unpaired) electrons. The van der Waals surface area contributed by atoms with Gasteiger partial charge in [0, 0.05) is 6.54 Å². The zero-order valence-corrected chi connectivity index (χ0v) is 15.2. The quantitative estimate of drug-likeness (QED) is 0.776. The van der Waals surface area contributed by atoms with E-state index in [1.807, 2.05) is 49.4 Å². The Balaban J connectivity index is 1.73. The van der Waals surface area contributed by atoms with Crippen molar-refractivity contribution in [2.75, 3.05) is 13.7 Å². The molecule has 1 N–H and O–H groups in total. The van der Waals surface area contributed by atoms with Gasteiger partial charge in [0.05, 0.1) is 7.11 Å². The van der Waals surface area contributed by atoms with Gasteiger partial charge >= 0.3 is 6.03 Å². The zero-order valence-electron chi connectivity index (χ0n) is 15.2. The normalized spacial score (nSPS) is 19.5. The third-order valence-electron chi connectivity index (χ3n) is 4.98. The molecule has 0 spiro atoms. The first-order valence-corrected chi connectivity index (χ1v) is 8.93. The lowest BCUT2D eigenvalue weighted by Gasteiger charge is -2.26. The summed E-state index contributed by atoms with van der Waals surface area (Å²) in [5.74, 6) is 0.541. The maximum Gasteiger partial charge on any atom is 0.325 e. The molecule has 136 valence electrons. The summed E-state index contributed by atoms with van der Waals surface area (Å²) in [4.78, 5) is 26.9. The Bertz CT molecular complexity index is 774. The Morgan fingerprint density at radius 1 is 1.04 bits per heavy atom. The summed E-state index contributed by atoms with van der Waals surface area (Å²) in [6.07, 6.45) is 2.07. The topological polar surface area (TPSA) is 58.6 Å². The molecule has 3 amide bonds. The van der Waals surface area contributed by atoms with Crippen LogP contribution in [-0.4, -0.2) is 30.5 Å². The maximum absolute atomic E-state index is 13.1. The summed E-state index contributed by atoms with van der Waals surface area (Å²) in [6, 6.07) is 17.1. The number of methoxy groups -OCH3 is 1. The molecule has 0 saturated carbocycles. The zero-order chi connectivity index (χ0) is 18.6. The Kier molecular flexibility index (Phi) is 5.26. The van der Waals surface area contributed by atoms with Crippen molar-refractivity contribution in [2.45, 2.75) is 31.7 Å². The highest BCUT2D eigenvalue weighted by atomic mass is 16.5. The fourth-order valence-electron chi connectivity index (χ4n) is 3.43. The van der Waals surface area contributed by atoms with Crippen LogP contribution in [0.3, 0.4) is 0 Å².